The van der Waals surface area contributed by atoms with Crippen LogP contribution < -0.4 is 5.73 Å². The second-order valence-corrected chi connectivity index (χ2v) is 5.48. The zero-order valence-electron chi connectivity index (χ0n) is 10.8. The molecule has 3 N–H and O–H groups in total. The number of nitrogen functional groups attached to an aromatic ring is 1. The van der Waals surface area contributed by atoms with Gasteiger partial charge in [0.1, 0.15) is 5.75 Å². The molecule has 0 unspecified atom stereocenters. The Morgan fingerprint density at radius 2 is 1.78 bits per heavy atom. The smallest absolute Gasteiger partial charge is 0.168 e. The van der Waals surface area contributed by atoms with Gasteiger partial charge in [0.2, 0.25) is 0 Å². The van der Waals surface area contributed by atoms with Crippen LogP contribution in [-0.2, 0) is 0 Å². The Labute approximate surface area is 106 Å². The van der Waals surface area contributed by atoms with Gasteiger partial charge in [-0.15, -0.1) is 0 Å². The number of phenolic OH excluding ortho intramolecular Hbond substituents is 1. The van der Waals surface area contributed by atoms with Gasteiger partial charge in [-0.25, -0.2) is 0 Å². The molecule has 0 aliphatic carbocycles. The van der Waals surface area contributed by atoms with Crippen LogP contribution >= 0.6 is 0 Å². The molecule has 0 amide bonds. The fourth-order valence-corrected chi connectivity index (χ4v) is 1.96. The molecule has 2 aromatic rings. The van der Waals surface area contributed by atoms with Crippen molar-refractivity contribution in [1.29, 1.82) is 0 Å². The van der Waals surface area contributed by atoms with Gasteiger partial charge in [-0.2, -0.15) is 0 Å². The molecule has 0 fully saturated rings. The van der Waals surface area contributed by atoms with E-state index in [0.29, 0.717) is 16.6 Å². The van der Waals surface area contributed by atoms with Gasteiger partial charge in [-0.3, -0.25) is 4.79 Å². The van der Waals surface area contributed by atoms with Crippen molar-refractivity contribution in [3.8, 4) is 5.75 Å². The Morgan fingerprint density at radius 1 is 1.11 bits per heavy atom. The first kappa shape index (κ1) is 12.4. The Morgan fingerprint density at radius 3 is 2.39 bits per heavy atom. The van der Waals surface area contributed by atoms with Gasteiger partial charge in [0.15, 0.2) is 5.78 Å². The Kier molecular flexibility index (Phi) is 2.77. The van der Waals surface area contributed by atoms with E-state index in [1.807, 2.05) is 20.8 Å². The van der Waals surface area contributed by atoms with Gasteiger partial charge >= 0.3 is 0 Å². The Hall–Kier alpha value is -2.03. The number of hydrogen-bond acceptors (Lipinski definition) is 3. The number of phenols is 1. The first-order valence-corrected chi connectivity index (χ1v) is 5.87. The number of benzene rings is 2. The third-order valence-electron chi connectivity index (χ3n) is 2.99. The molecule has 2 aromatic carbocycles. The third kappa shape index (κ3) is 1.92. The van der Waals surface area contributed by atoms with E-state index >= 15 is 0 Å². The lowest BCUT2D eigenvalue weighted by atomic mass is 9.84. The largest absolute Gasteiger partial charge is 0.505 e. The molecular formula is C15H17NO2. The highest BCUT2D eigenvalue weighted by molar-refractivity contribution is 6.12. The molecule has 0 bridgehead atoms. The van der Waals surface area contributed by atoms with Crippen molar-refractivity contribution in [2.75, 3.05) is 5.73 Å². The highest BCUT2D eigenvalue weighted by Crippen LogP contribution is 2.34. The van der Waals surface area contributed by atoms with E-state index in [0.717, 1.165) is 5.39 Å². The molecule has 3 nitrogen and oxygen atoms in total. The molecule has 0 radical (unpaired) electrons. The van der Waals surface area contributed by atoms with Gasteiger partial charge in [-0.1, -0.05) is 45.0 Å². The first-order chi connectivity index (χ1) is 8.32. The minimum Gasteiger partial charge on any atom is -0.505 e. The number of ketones is 1. The first-order valence-electron chi connectivity index (χ1n) is 5.87. The molecule has 94 valence electrons. The fourth-order valence-electron chi connectivity index (χ4n) is 1.96. The third-order valence-corrected chi connectivity index (χ3v) is 2.99. The SMILES string of the molecule is CC(C)(C)C(=O)c1cccc2c(O)c(N)ccc12. The fraction of sp³-hybridized carbons (Fsp3) is 0.267. The van der Waals surface area contributed by atoms with Crippen molar-refractivity contribution in [1.82, 2.24) is 0 Å². The van der Waals surface area contributed by atoms with Crippen LogP contribution in [0.5, 0.6) is 5.75 Å². The van der Waals surface area contributed by atoms with Crippen LogP contribution in [0.4, 0.5) is 5.69 Å². The molecule has 0 aliphatic heterocycles. The van der Waals surface area contributed by atoms with Crippen molar-refractivity contribution in [3.05, 3.63) is 35.9 Å². The Bertz CT molecular complexity index is 624. The zero-order chi connectivity index (χ0) is 13.5. The number of Topliss-reactive ketones (excluding diaryl/α,β-unsaturated/α-hetero) is 1. The normalized spacial score (nSPS) is 11.7. The van der Waals surface area contributed by atoms with E-state index in [1.54, 1.807) is 30.3 Å². The number of hydrogen-bond donors (Lipinski definition) is 2. The molecule has 0 heterocycles. The predicted octanol–water partition coefficient (Wildman–Crippen LogP) is 3.36. The van der Waals surface area contributed by atoms with E-state index in [-0.39, 0.29) is 11.5 Å². The lowest BCUT2D eigenvalue weighted by Gasteiger charge is -2.18. The van der Waals surface area contributed by atoms with Crippen molar-refractivity contribution in [3.63, 3.8) is 0 Å². The monoisotopic (exact) mass is 243 g/mol. The van der Waals surface area contributed by atoms with Crippen LogP contribution in [0, 0.1) is 5.41 Å². The number of carbonyl (C=O) groups excluding carboxylic acids is 1. The maximum Gasteiger partial charge on any atom is 0.168 e. The highest BCUT2D eigenvalue weighted by Gasteiger charge is 2.24. The molecule has 0 aliphatic rings. The Balaban J connectivity index is 2.75. The summed E-state index contributed by atoms with van der Waals surface area (Å²) in [6.07, 6.45) is 0. The predicted molar refractivity (Wildman–Crippen MR) is 73.8 cm³/mol. The minimum absolute atomic E-state index is 0.0380. The summed E-state index contributed by atoms with van der Waals surface area (Å²) in [5.41, 5.74) is 6.15. The number of anilines is 1. The quantitative estimate of drug-likeness (QED) is 0.458. The average Bonchev–Trinajstić information content (AvgIpc) is 2.31. The molecular weight excluding hydrogens is 226 g/mol. The maximum absolute atomic E-state index is 12.4. The van der Waals surface area contributed by atoms with Crippen molar-refractivity contribution < 1.29 is 9.90 Å². The molecule has 0 saturated carbocycles. The van der Waals surface area contributed by atoms with E-state index in [1.165, 1.54) is 0 Å². The van der Waals surface area contributed by atoms with Crippen LogP contribution in [0.3, 0.4) is 0 Å². The number of aromatic hydroxyl groups is 1. The molecule has 0 aromatic heterocycles. The summed E-state index contributed by atoms with van der Waals surface area (Å²) in [4.78, 5) is 12.4. The van der Waals surface area contributed by atoms with Crippen molar-refractivity contribution >= 4 is 22.2 Å². The van der Waals surface area contributed by atoms with Crippen LogP contribution in [0.1, 0.15) is 31.1 Å². The number of fused-ring (bicyclic) bond motifs is 1. The van der Waals surface area contributed by atoms with Crippen LogP contribution in [0.2, 0.25) is 0 Å². The molecule has 0 atom stereocenters. The summed E-state index contributed by atoms with van der Waals surface area (Å²) in [5.74, 6) is 0.0910. The topological polar surface area (TPSA) is 63.3 Å². The van der Waals surface area contributed by atoms with Gasteiger partial charge in [-0.05, 0) is 11.5 Å². The summed E-state index contributed by atoms with van der Waals surface area (Å²) >= 11 is 0. The van der Waals surface area contributed by atoms with E-state index < -0.39 is 5.41 Å². The second kappa shape index (κ2) is 4.02. The number of carbonyl (C=O) groups is 1. The van der Waals surface area contributed by atoms with Crippen LogP contribution in [-0.4, -0.2) is 10.9 Å². The zero-order valence-corrected chi connectivity index (χ0v) is 10.8. The van der Waals surface area contributed by atoms with Crippen molar-refractivity contribution in [2.24, 2.45) is 5.41 Å². The molecule has 18 heavy (non-hydrogen) atoms. The van der Waals surface area contributed by atoms with E-state index in [9.17, 15) is 9.90 Å². The van der Waals surface area contributed by atoms with Gasteiger partial charge in [0, 0.05) is 16.4 Å². The average molecular weight is 243 g/mol. The maximum atomic E-state index is 12.4. The number of rotatable bonds is 1. The second-order valence-electron chi connectivity index (χ2n) is 5.48. The van der Waals surface area contributed by atoms with Crippen LogP contribution in [0.15, 0.2) is 30.3 Å². The molecule has 0 saturated heterocycles. The molecule has 2 rings (SSSR count). The highest BCUT2D eigenvalue weighted by atomic mass is 16.3. The summed E-state index contributed by atoms with van der Waals surface area (Å²) < 4.78 is 0. The van der Waals surface area contributed by atoms with Crippen LogP contribution in [0.25, 0.3) is 10.8 Å². The number of nitrogens with two attached hydrogens (primary N) is 1. The van der Waals surface area contributed by atoms with E-state index in [2.05, 4.69) is 0 Å². The van der Waals surface area contributed by atoms with Gasteiger partial charge in [0.05, 0.1) is 5.69 Å². The summed E-state index contributed by atoms with van der Waals surface area (Å²) in [6.45, 7) is 5.64. The lowest BCUT2D eigenvalue weighted by Crippen LogP contribution is -2.20. The molecule has 3 heteroatoms. The standard InChI is InChI=1S/C15H17NO2/c1-15(2,3)14(18)11-6-4-5-10-9(11)7-8-12(16)13(10)17/h4-8,17H,16H2,1-3H3. The van der Waals surface area contributed by atoms with E-state index in [4.69, 9.17) is 5.73 Å². The minimum atomic E-state index is -0.453. The lowest BCUT2D eigenvalue weighted by molar-refractivity contribution is 0.0860. The van der Waals surface area contributed by atoms with Gasteiger partial charge < -0.3 is 10.8 Å². The van der Waals surface area contributed by atoms with Crippen molar-refractivity contribution in [2.45, 2.75) is 20.8 Å². The summed E-state index contributed by atoms with van der Waals surface area (Å²) in [5, 5.41) is 11.3. The summed E-state index contributed by atoms with van der Waals surface area (Å²) in [6, 6.07) is 8.72. The summed E-state index contributed by atoms with van der Waals surface area (Å²) in [7, 11) is 0. The van der Waals surface area contributed by atoms with Gasteiger partial charge in [0.25, 0.3) is 0 Å². The molecule has 0 spiro atoms.